The number of nitro benzene ring substituents is 1. The van der Waals surface area contributed by atoms with E-state index in [1.807, 2.05) is 48.5 Å². The van der Waals surface area contributed by atoms with E-state index in [0.717, 1.165) is 27.8 Å². The zero-order valence-corrected chi connectivity index (χ0v) is 17.7. The number of fused-ring (bicyclic) bond motifs is 3. The molecule has 0 saturated heterocycles. The Kier molecular flexibility index (Phi) is 4.48. The molecule has 2 aliphatic rings. The average molecular weight is 454 g/mol. The molecule has 0 amide bonds. The number of non-ortho nitro benzene ring substituents is 1. The van der Waals surface area contributed by atoms with Crippen LogP contribution in [0.5, 0.6) is 5.75 Å². The molecule has 0 aliphatic carbocycles. The molecule has 1 atom stereocenters. The summed E-state index contributed by atoms with van der Waals surface area (Å²) in [5, 5.41) is 26.0. The number of H-pyrrole nitrogens is 1. The molecule has 34 heavy (non-hydrogen) atoms. The maximum atomic E-state index is 11.1. The number of aliphatic hydroxyl groups excluding tert-OH is 1. The number of aliphatic imine (C=N–C) groups is 1. The predicted molar refractivity (Wildman–Crippen MR) is 126 cm³/mol. The van der Waals surface area contributed by atoms with Crippen LogP contribution in [-0.4, -0.2) is 20.9 Å². The van der Waals surface area contributed by atoms with E-state index in [2.05, 4.69) is 15.3 Å². The average Bonchev–Trinajstić information content (AvgIpc) is 3.41. The lowest BCUT2D eigenvalue weighted by atomic mass is 10.0. The number of ether oxygens (including phenoxy) is 2. The van der Waals surface area contributed by atoms with Crippen molar-refractivity contribution in [2.45, 2.75) is 12.7 Å². The minimum absolute atomic E-state index is 0.00501. The molecule has 3 N–H and O–H groups in total. The van der Waals surface area contributed by atoms with Crippen LogP contribution in [0.1, 0.15) is 17.2 Å². The summed E-state index contributed by atoms with van der Waals surface area (Å²) in [6.45, 7) is 0.394. The van der Waals surface area contributed by atoms with Crippen LogP contribution < -0.4 is 10.1 Å². The molecule has 2 aliphatic heterocycles. The first-order chi connectivity index (χ1) is 16.6. The smallest absolute Gasteiger partial charge is 0.271 e. The minimum atomic E-state index is -0.774. The van der Waals surface area contributed by atoms with E-state index in [9.17, 15) is 15.2 Å². The largest absolute Gasteiger partial charge is 0.506 e. The van der Waals surface area contributed by atoms with Crippen LogP contribution in [0.2, 0.25) is 0 Å². The Morgan fingerprint density at radius 3 is 2.79 bits per heavy atom. The first kappa shape index (κ1) is 19.9. The number of benzene rings is 3. The first-order valence-electron chi connectivity index (χ1n) is 10.6. The van der Waals surface area contributed by atoms with Gasteiger partial charge in [0.1, 0.15) is 18.1 Å². The van der Waals surface area contributed by atoms with Gasteiger partial charge in [-0.1, -0.05) is 24.3 Å². The highest BCUT2D eigenvalue weighted by atomic mass is 16.6. The molecule has 9 heteroatoms. The molecule has 0 fully saturated rings. The molecule has 3 aromatic carbocycles. The second kappa shape index (κ2) is 7.66. The topological polar surface area (TPSA) is 122 Å². The van der Waals surface area contributed by atoms with Crippen molar-refractivity contribution >= 4 is 33.9 Å². The second-order valence-electron chi connectivity index (χ2n) is 7.98. The molecule has 0 bridgehead atoms. The molecular formula is C25H18N4O5. The van der Waals surface area contributed by atoms with E-state index in [1.165, 1.54) is 12.1 Å². The number of nitro groups is 1. The summed E-state index contributed by atoms with van der Waals surface area (Å²) in [5.74, 6) is 0.967. The van der Waals surface area contributed by atoms with Crippen molar-refractivity contribution in [3.63, 3.8) is 0 Å². The van der Waals surface area contributed by atoms with E-state index in [1.54, 1.807) is 12.3 Å². The molecule has 4 aromatic rings. The lowest BCUT2D eigenvalue weighted by Crippen LogP contribution is -2.13. The molecule has 168 valence electrons. The lowest BCUT2D eigenvalue weighted by molar-refractivity contribution is -0.384. The van der Waals surface area contributed by atoms with Gasteiger partial charge in [0.15, 0.2) is 11.9 Å². The van der Waals surface area contributed by atoms with Gasteiger partial charge in [-0.25, -0.2) is 4.99 Å². The van der Waals surface area contributed by atoms with Crippen LogP contribution in [0.25, 0.3) is 10.9 Å². The van der Waals surface area contributed by atoms with Gasteiger partial charge in [0.2, 0.25) is 5.90 Å². The van der Waals surface area contributed by atoms with Crippen LogP contribution in [-0.2, 0) is 11.3 Å². The maximum Gasteiger partial charge on any atom is 0.271 e. The number of hydrogen-bond acceptors (Lipinski definition) is 7. The number of aromatic nitrogens is 1. The van der Waals surface area contributed by atoms with E-state index in [-0.39, 0.29) is 17.3 Å². The molecule has 0 spiro atoms. The van der Waals surface area contributed by atoms with Gasteiger partial charge in [-0.15, -0.1) is 0 Å². The zero-order chi connectivity index (χ0) is 23.2. The Hall–Kier alpha value is -4.79. The zero-order valence-electron chi connectivity index (χ0n) is 17.7. The summed E-state index contributed by atoms with van der Waals surface area (Å²) in [6.07, 6.45) is 1.02. The molecule has 3 heterocycles. The molecule has 1 aromatic heterocycles. The number of aromatic amines is 1. The summed E-state index contributed by atoms with van der Waals surface area (Å²) in [6, 6.07) is 19.8. The van der Waals surface area contributed by atoms with Crippen molar-refractivity contribution in [2.75, 3.05) is 5.32 Å². The lowest BCUT2D eigenvalue weighted by Gasteiger charge is -2.15. The summed E-state index contributed by atoms with van der Waals surface area (Å²) in [4.78, 5) is 18.2. The van der Waals surface area contributed by atoms with Crippen LogP contribution in [0, 0.1) is 10.1 Å². The first-order valence-corrected chi connectivity index (χ1v) is 10.6. The Labute approximate surface area is 193 Å². The normalized spacial score (nSPS) is 16.4. The fourth-order valence-electron chi connectivity index (χ4n) is 4.13. The summed E-state index contributed by atoms with van der Waals surface area (Å²) >= 11 is 0. The molecule has 0 saturated carbocycles. The third-order valence-corrected chi connectivity index (χ3v) is 5.83. The SMILES string of the molecule is O=[N+]([O-])c1ccc2c(c1)N=C1OC(c3c[nH]c4ccc(COc5ccccc5)cc34)C(O)=C1N2. The highest BCUT2D eigenvalue weighted by molar-refractivity contribution is 6.05. The summed E-state index contributed by atoms with van der Waals surface area (Å²) in [7, 11) is 0. The van der Waals surface area contributed by atoms with Gasteiger partial charge >= 0.3 is 0 Å². The minimum Gasteiger partial charge on any atom is -0.506 e. The van der Waals surface area contributed by atoms with Gasteiger partial charge in [-0.05, 0) is 35.9 Å². The van der Waals surface area contributed by atoms with E-state index in [0.29, 0.717) is 23.7 Å². The van der Waals surface area contributed by atoms with Crippen molar-refractivity contribution in [3.8, 4) is 5.75 Å². The Bertz CT molecular complexity index is 1510. The van der Waals surface area contributed by atoms with Crippen molar-refractivity contribution in [3.05, 3.63) is 106 Å². The third kappa shape index (κ3) is 3.30. The highest BCUT2D eigenvalue weighted by Gasteiger charge is 2.38. The number of nitrogens with zero attached hydrogens (tertiary/aromatic N) is 2. The Morgan fingerprint density at radius 2 is 1.97 bits per heavy atom. The van der Waals surface area contributed by atoms with Gasteiger partial charge in [0.05, 0.1) is 16.3 Å². The number of para-hydroxylation sites is 1. The van der Waals surface area contributed by atoms with Crippen molar-refractivity contribution in [2.24, 2.45) is 4.99 Å². The molecule has 6 rings (SSSR count). The van der Waals surface area contributed by atoms with Crippen molar-refractivity contribution < 1.29 is 19.5 Å². The maximum absolute atomic E-state index is 11.1. The van der Waals surface area contributed by atoms with Gasteiger partial charge in [-0.3, -0.25) is 10.1 Å². The number of aliphatic hydroxyl groups is 1. The van der Waals surface area contributed by atoms with Crippen LogP contribution >= 0.6 is 0 Å². The van der Waals surface area contributed by atoms with Crippen LogP contribution in [0.3, 0.4) is 0 Å². The van der Waals surface area contributed by atoms with Crippen molar-refractivity contribution in [1.82, 2.24) is 4.98 Å². The second-order valence-corrected chi connectivity index (χ2v) is 7.98. The van der Waals surface area contributed by atoms with Crippen LogP contribution in [0.15, 0.2) is 89.4 Å². The highest BCUT2D eigenvalue weighted by Crippen LogP contribution is 2.43. The third-order valence-electron chi connectivity index (χ3n) is 5.83. The van der Waals surface area contributed by atoms with E-state index in [4.69, 9.17) is 9.47 Å². The molecule has 9 nitrogen and oxygen atoms in total. The predicted octanol–water partition coefficient (Wildman–Crippen LogP) is 5.65. The Morgan fingerprint density at radius 1 is 1.12 bits per heavy atom. The summed E-state index contributed by atoms with van der Waals surface area (Å²) < 4.78 is 11.9. The van der Waals surface area contributed by atoms with Gasteiger partial charge in [-0.2, -0.15) is 0 Å². The molecule has 0 radical (unpaired) electrons. The molecule has 1 unspecified atom stereocenters. The number of nitrogens with one attached hydrogen (secondary N) is 2. The number of anilines is 1. The fraction of sp³-hybridized carbons (Fsp3) is 0.0800. The van der Waals surface area contributed by atoms with E-state index >= 15 is 0 Å². The van der Waals surface area contributed by atoms with Crippen LogP contribution in [0.4, 0.5) is 17.1 Å². The number of rotatable bonds is 5. The summed E-state index contributed by atoms with van der Waals surface area (Å²) in [5.41, 5.74) is 3.82. The van der Waals surface area contributed by atoms with E-state index < -0.39 is 11.0 Å². The Balaban J connectivity index is 1.31. The standard InChI is InChI=1S/C25H18N4O5/c30-23-22-25(28-21-11-15(29(31)32)7-9-20(21)27-22)34-24(23)18-12-26-19-8-6-14(10-17(18)19)13-33-16-4-2-1-3-5-16/h1-12,24,26-27,30H,13H2. The van der Waals surface area contributed by atoms with Crippen molar-refractivity contribution in [1.29, 1.82) is 0 Å². The van der Waals surface area contributed by atoms with Gasteiger partial charge < -0.3 is 24.9 Å². The number of hydrogen-bond donors (Lipinski definition) is 3. The quantitative estimate of drug-likeness (QED) is 0.265. The van der Waals surface area contributed by atoms with Gasteiger partial charge in [0, 0.05) is 34.8 Å². The fourth-order valence-corrected chi connectivity index (χ4v) is 4.13. The monoisotopic (exact) mass is 454 g/mol. The van der Waals surface area contributed by atoms with Gasteiger partial charge in [0.25, 0.3) is 5.69 Å². The molecular weight excluding hydrogens is 436 g/mol.